The number of rotatable bonds is 10. The zero-order chi connectivity index (χ0) is 18.7. The zero-order valence-corrected chi connectivity index (χ0v) is 16.1. The van der Waals surface area contributed by atoms with Gasteiger partial charge in [-0.1, -0.05) is 59.1 Å². The Labute approximate surface area is 151 Å². The Balaban J connectivity index is 2.36. The lowest BCUT2D eigenvalue weighted by Crippen LogP contribution is -2.11. The second kappa shape index (κ2) is 10.9. The van der Waals surface area contributed by atoms with Crippen LogP contribution in [0, 0.1) is 5.41 Å². The van der Waals surface area contributed by atoms with E-state index in [0.29, 0.717) is 29.8 Å². The van der Waals surface area contributed by atoms with Crippen molar-refractivity contribution in [2.45, 2.75) is 79.1 Å². The summed E-state index contributed by atoms with van der Waals surface area (Å²) in [5, 5.41) is 0. The number of hydrogen-bond donors (Lipinski definition) is 0. The van der Waals surface area contributed by atoms with Crippen LogP contribution in [-0.4, -0.2) is 11.9 Å². The molecule has 0 spiro atoms. The van der Waals surface area contributed by atoms with Crippen LogP contribution in [0.1, 0.15) is 79.1 Å². The monoisotopic (exact) mass is 348 g/mol. The fourth-order valence-electron chi connectivity index (χ4n) is 2.45. The molecule has 0 unspecified atom stereocenters. The molecule has 0 atom stereocenters. The molecule has 1 aromatic rings. The number of para-hydroxylation sites is 2. The van der Waals surface area contributed by atoms with Crippen molar-refractivity contribution in [2.24, 2.45) is 5.41 Å². The van der Waals surface area contributed by atoms with Crippen LogP contribution in [-0.2, 0) is 9.59 Å². The molecule has 0 radical (unpaired) electrons. The number of ether oxygens (including phenoxy) is 2. The van der Waals surface area contributed by atoms with Crippen LogP contribution in [0.3, 0.4) is 0 Å². The molecule has 0 aromatic heterocycles. The van der Waals surface area contributed by atoms with E-state index in [1.54, 1.807) is 24.3 Å². The van der Waals surface area contributed by atoms with Gasteiger partial charge >= 0.3 is 11.9 Å². The largest absolute Gasteiger partial charge is 0.423 e. The third-order valence-electron chi connectivity index (χ3n) is 3.81. The van der Waals surface area contributed by atoms with Crippen molar-refractivity contribution >= 4 is 11.9 Å². The van der Waals surface area contributed by atoms with Crippen molar-refractivity contribution in [1.29, 1.82) is 0 Å². The number of hydrogen-bond acceptors (Lipinski definition) is 4. The summed E-state index contributed by atoms with van der Waals surface area (Å²) >= 11 is 0. The molecule has 0 aliphatic heterocycles. The topological polar surface area (TPSA) is 52.6 Å². The van der Waals surface area contributed by atoms with E-state index in [4.69, 9.17) is 9.47 Å². The summed E-state index contributed by atoms with van der Waals surface area (Å²) in [5.74, 6) is 0.0174. The van der Waals surface area contributed by atoms with Crippen molar-refractivity contribution in [3.8, 4) is 11.5 Å². The fourth-order valence-corrected chi connectivity index (χ4v) is 2.45. The molecular weight excluding hydrogens is 316 g/mol. The predicted molar refractivity (Wildman–Crippen MR) is 99.8 cm³/mol. The highest BCUT2D eigenvalue weighted by atomic mass is 16.6. The predicted octanol–water partition coefficient (Wildman–Crippen LogP) is 5.68. The number of carbonyl (C=O) groups is 2. The third-order valence-corrected chi connectivity index (χ3v) is 3.81. The first kappa shape index (κ1) is 21.2. The average molecular weight is 348 g/mol. The van der Waals surface area contributed by atoms with Crippen LogP contribution in [0.25, 0.3) is 0 Å². The molecule has 0 saturated heterocycles. The third kappa shape index (κ3) is 9.90. The molecule has 0 fully saturated rings. The van der Waals surface area contributed by atoms with Crippen LogP contribution in [0.5, 0.6) is 11.5 Å². The molecule has 0 aliphatic carbocycles. The molecule has 0 amide bonds. The standard InChI is InChI=1S/C21H32O4/c1-5-12-19(22)24-17-13-9-10-14-18(17)25-20(23)15-8-6-7-11-16-21(2,3)4/h9-10,13-14H,5-8,11-12,15-16H2,1-4H3. The summed E-state index contributed by atoms with van der Waals surface area (Å²) in [7, 11) is 0. The maximum Gasteiger partial charge on any atom is 0.311 e. The molecule has 0 heterocycles. The quantitative estimate of drug-likeness (QED) is 0.310. The van der Waals surface area contributed by atoms with E-state index in [1.165, 1.54) is 12.8 Å². The SMILES string of the molecule is CCCC(=O)Oc1ccccc1OC(=O)CCCCCCC(C)(C)C. The Hall–Kier alpha value is -1.84. The number of benzene rings is 1. The summed E-state index contributed by atoms with van der Waals surface area (Å²) < 4.78 is 10.6. The smallest absolute Gasteiger partial charge is 0.311 e. The first-order valence-electron chi connectivity index (χ1n) is 9.32. The Morgan fingerprint density at radius 3 is 1.88 bits per heavy atom. The van der Waals surface area contributed by atoms with E-state index < -0.39 is 0 Å². The molecule has 0 bridgehead atoms. The van der Waals surface area contributed by atoms with Gasteiger partial charge in [0.1, 0.15) is 0 Å². The molecule has 0 aliphatic rings. The van der Waals surface area contributed by atoms with Gasteiger partial charge in [0.15, 0.2) is 11.5 Å². The summed E-state index contributed by atoms with van der Waals surface area (Å²) in [6, 6.07) is 6.80. The first-order valence-corrected chi connectivity index (χ1v) is 9.32. The molecule has 1 rings (SSSR count). The van der Waals surface area contributed by atoms with Gasteiger partial charge in [-0.05, 0) is 36.8 Å². The van der Waals surface area contributed by atoms with Gasteiger partial charge in [0.25, 0.3) is 0 Å². The van der Waals surface area contributed by atoms with Crippen LogP contribution in [0.2, 0.25) is 0 Å². The first-order chi connectivity index (χ1) is 11.8. The lowest BCUT2D eigenvalue weighted by atomic mass is 9.89. The summed E-state index contributed by atoms with van der Waals surface area (Å²) in [4.78, 5) is 23.6. The van der Waals surface area contributed by atoms with E-state index >= 15 is 0 Å². The molecule has 0 saturated carbocycles. The Morgan fingerprint density at radius 2 is 1.36 bits per heavy atom. The molecule has 0 N–H and O–H groups in total. The van der Waals surface area contributed by atoms with E-state index in [1.807, 2.05) is 6.92 Å². The molecule has 4 nitrogen and oxygen atoms in total. The minimum absolute atomic E-state index is 0.283. The molecular formula is C21H32O4. The van der Waals surface area contributed by atoms with E-state index in [2.05, 4.69) is 20.8 Å². The van der Waals surface area contributed by atoms with Crippen LogP contribution in [0.4, 0.5) is 0 Å². The van der Waals surface area contributed by atoms with Crippen LogP contribution >= 0.6 is 0 Å². The van der Waals surface area contributed by atoms with E-state index in [-0.39, 0.29) is 11.9 Å². The summed E-state index contributed by atoms with van der Waals surface area (Å²) in [6.07, 6.45) is 6.82. The van der Waals surface area contributed by atoms with Crippen LogP contribution < -0.4 is 9.47 Å². The summed E-state index contributed by atoms with van der Waals surface area (Å²) in [6.45, 7) is 8.65. The van der Waals surface area contributed by atoms with Gasteiger partial charge in [-0.25, -0.2) is 0 Å². The van der Waals surface area contributed by atoms with Gasteiger partial charge < -0.3 is 9.47 Å². The highest BCUT2D eigenvalue weighted by Crippen LogP contribution is 2.27. The van der Waals surface area contributed by atoms with Gasteiger partial charge in [-0.2, -0.15) is 0 Å². The van der Waals surface area contributed by atoms with Crippen molar-refractivity contribution in [2.75, 3.05) is 0 Å². The average Bonchev–Trinajstić information content (AvgIpc) is 2.52. The molecule has 25 heavy (non-hydrogen) atoms. The highest BCUT2D eigenvalue weighted by molar-refractivity contribution is 5.76. The number of esters is 2. The molecule has 4 heteroatoms. The van der Waals surface area contributed by atoms with Gasteiger partial charge in [0, 0.05) is 12.8 Å². The zero-order valence-electron chi connectivity index (χ0n) is 16.1. The fraction of sp³-hybridized carbons (Fsp3) is 0.619. The highest BCUT2D eigenvalue weighted by Gasteiger charge is 2.13. The van der Waals surface area contributed by atoms with Crippen molar-refractivity contribution < 1.29 is 19.1 Å². The number of unbranched alkanes of at least 4 members (excludes halogenated alkanes) is 3. The molecule has 140 valence electrons. The Kier molecular flexibility index (Phi) is 9.25. The Bertz CT molecular complexity index is 543. The minimum Gasteiger partial charge on any atom is -0.423 e. The number of carbonyl (C=O) groups excluding carboxylic acids is 2. The minimum atomic E-state index is -0.315. The van der Waals surface area contributed by atoms with Gasteiger partial charge in [-0.15, -0.1) is 0 Å². The maximum absolute atomic E-state index is 12.0. The Morgan fingerprint density at radius 1 is 0.840 bits per heavy atom. The van der Waals surface area contributed by atoms with Gasteiger partial charge in [-0.3, -0.25) is 9.59 Å². The van der Waals surface area contributed by atoms with Crippen LogP contribution in [0.15, 0.2) is 24.3 Å². The van der Waals surface area contributed by atoms with Gasteiger partial charge in [0.05, 0.1) is 0 Å². The van der Waals surface area contributed by atoms with E-state index in [9.17, 15) is 9.59 Å². The van der Waals surface area contributed by atoms with E-state index in [0.717, 1.165) is 25.7 Å². The second-order valence-electron chi connectivity index (χ2n) is 7.62. The summed E-state index contributed by atoms with van der Waals surface area (Å²) in [5.41, 5.74) is 0.373. The van der Waals surface area contributed by atoms with Crippen molar-refractivity contribution in [3.05, 3.63) is 24.3 Å². The van der Waals surface area contributed by atoms with Crippen molar-refractivity contribution in [1.82, 2.24) is 0 Å². The maximum atomic E-state index is 12.0. The normalized spacial score (nSPS) is 11.2. The lowest BCUT2D eigenvalue weighted by Gasteiger charge is -2.17. The molecule has 1 aromatic carbocycles. The van der Waals surface area contributed by atoms with Crippen molar-refractivity contribution in [3.63, 3.8) is 0 Å². The second-order valence-corrected chi connectivity index (χ2v) is 7.62. The van der Waals surface area contributed by atoms with Gasteiger partial charge in [0.2, 0.25) is 0 Å². The lowest BCUT2D eigenvalue weighted by molar-refractivity contribution is -0.137.